The summed E-state index contributed by atoms with van der Waals surface area (Å²) < 4.78 is 0. The van der Waals surface area contributed by atoms with Gasteiger partial charge in [0, 0.05) is 5.69 Å². The summed E-state index contributed by atoms with van der Waals surface area (Å²) in [6.07, 6.45) is 0. The average molecular weight is 252 g/mol. The largest absolute Gasteiger partial charge is 0.478 e. The van der Waals surface area contributed by atoms with Crippen LogP contribution in [0.1, 0.15) is 15.9 Å². The molecule has 0 spiro atoms. The lowest BCUT2D eigenvalue weighted by Gasteiger charge is -2.07. The topological polar surface area (TPSA) is 121 Å². The predicted octanol–water partition coefficient (Wildman–Crippen LogP) is 1.93. The lowest BCUT2D eigenvalue weighted by Crippen LogP contribution is -2.03. The number of nitrogens with one attached hydrogen (secondary N) is 1. The molecule has 19 heavy (non-hydrogen) atoms. The van der Waals surface area contributed by atoms with Crippen molar-refractivity contribution < 1.29 is 9.90 Å². The summed E-state index contributed by atoms with van der Waals surface area (Å²) in [5, 5.41) is 37.7. The van der Waals surface area contributed by atoms with Gasteiger partial charge in [0.15, 0.2) is 5.57 Å². The van der Waals surface area contributed by atoms with Crippen LogP contribution in [0.2, 0.25) is 0 Å². The first kappa shape index (κ1) is 13.8. The molecule has 92 valence electrons. The molecule has 6 heteroatoms. The van der Waals surface area contributed by atoms with Gasteiger partial charge in [-0.1, -0.05) is 0 Å². The Hall–Kier alpha value is -3.30. The molecule has 0 bridgehead atoms. The van der Waals surface area contributed by atoms with Crippen LogP contribution in [0.3, 0.4) is 0 Å². The molecule has 0 aliphatic heterocycles. The van der Waals surface area contributed by atoms with E-state index in [1.54, 1.807) is 25.1 Å². The van der Waals surface area contributed by atoms with Gasteiger partial charge in [-0.2, -0.15) is 15.8 Å². The zero-order chi connectivity index (χ0) is 14.4. The number of carboxylic acid groups (broad SMARTS) is 1. The number of aryl methyl sites for hydroxylation is 1. The van der Waals surface area contributed by atoms with Crippen molar-refractivity contribution in [1.29, 1.82) is 15.8 Å². The number of rotatable bonds is 3. The van der Waals surface area contributed by atoms with E-state index in [1.165, 1.54) is 18.2 Å². The lowest BCUT2D eigenvalue weighted by molar-refractivity contribution is 0.0696. The fourth-order valence-electron chi connectivity index (χ4n) is 1.41. The number of carbonyl (C=O) groups is 1. The van der Waals surface area contributed by atoms with Crippen molar-refractivity contribution in [3.8, 4) is 18.2 Å². The van der Waals surface area contributed by atoms with Crippen LogP contribution in [0.25, 0.3) is 0 Å². The van der Waals surface area contributed by atoms with Crippen molar-refractivity contribution in [2.75, 3.05) is 5.32 Å². The SMILES string of the molecule is Cc1cc(NC(C#N)=C(C#N)C#N)ccc1C(=O)O. The monoisotopic (exact) mass is 252 g/mol. The third-order valence-corrected chi connectivity index (χ3v) is 2.31. The first-order valence-corrected chi connectivity index (χ1v) is 5.09. The van der Waals surface area contributed by atoms with E-state index < -0.39 is 5.97 Å². The minimum absolute atomic E-state index is 0.147. The van der Waals surface area contributed by atoms with Gasteiger partial charge in [-0.05, 0) is 30.7 Å². The van der Waals surface area contributed by atoms with Gasteiger partial charge in [0.2, 0.25) is 0 Å². The van der Waals surface area contributed by atoms with Gasteiger partial charge >= 0.3 is 5.97 Å². The van der Waals surface area contributed by atoms with Gasteiger partial charge in [0.25, 0.3) is 0 Å². The Bertz CT molecular complexity index is 668. The molecule has 0 saturated heterocycles. The number of nitrogens with zero attached hydrogens (tertiary/aromatic N) is 3. The summed E-state index contributed by atoms with van der Waals surface area (Å²) in [5.41, 5.74) is 0.580. The quantitative estimate of drug-likeness (QED) is 0.793. The van der Waals surface area contributed by atoms with Gasteiger partial charge in [-0.3, -0.25) is 0 Å². The molecule has 1 aromatic rings. The van der Waals surface area contributed by atoms with Crippen LogP contribution < -0.4 is 5.32 Å². The molecule has 1 rings (SSSR count). The highest BCUT2D eigenvalue weighted by molar-refractivity contribution is 5.90. The fraction of sp³-hybridized carbons (Fsp3) is 0.0769. The van der Waals surface area contributed by atoms with Crippen LogP contribution in [0, 0.1) is 40.9 Å². The number of hydrogen-bond donors (Lipinski definition) is 2. The third kappa shape index (κ3) is 3.09. The Morgan fingerprint density at radius 1 is 1.21 bits per heavy atom. The van der Waals surface area contributed by atoms with E-state index in [2.05, 4.69) is 5.32 Å². The van der Waals surface area contributed by atoms with E-state index in [0.717, 1.165) is 0 Å². The van der Waals surface area contributed by atoms with Crippen molar-refractivity contribution in [3.63, 3.8) is 0 Å². The van der Waals surface area contributed by atoms with Crippen LogP contribution >= 0.6 is 0 Å². The molecule has 0 heterocycles. The van der Waals surface area contributed by atoms with Crippen molar-refractivity contribution in [3.05, 3.63) is 40.6 Å². The van der Waals surface area contributed by atoms with Gasteiger partial charge in [-0.25, -0.2) is 4.79 Å². The Labute approximate surface area is 109 Å². The predicted molar refractivity (Wildman–Crippen MR) is 65.6 cm³/mol. The molecule has 0 aliphatic rings. The number of aromatic carboxylic acids is 1. The van der Waals surface area contributed by atoms with E-state index >= 15 is 0 Å². The van der Waals surface area contributed by atoms with Crippen LogP contribution in [0.4, 0.5) is 5.69 Å². The van der Waals surface area contributed by atoms with Gasteiger partial charge < -0.3 is 10.4 Å². The molecule has 0 radical (unpaired) electrons. The van der Waals surface area contributed by atoms with E-state index in [1.807, 2.05) is 0 Å². The van der Waals surface area contributed by atoms with Crippen molar-refractivity contribution >= 4 is 11.7 Å². The Balaban J connectivity index is 3.16. The van der Waals surface area contributed by atoms with Crippen LogP contribution in [-0.4, -0.2) is 11.1 Å². The summed E-state index contributed by atoms with van der Waals surface area (Å²) in [6.45, 7) is 1.61. The number of nitriles is 3. The Morgan fingerprint density at radius 3 is 2.26 bits per heavy atom. The second-order valence-electron chi connectivity index (χ2n) is 3.55. The molecule has 6 nitrogen and oxygen atoms in total. The number of anilines is 1. The maximum Gasteiger partial charge on any atom is 0.335 e. The van der Waals surface area contributed by atoms with Crippen molar-refractivity contribution in [1.82, 2.24) is 0 Å². The molecule has 0 aromatic heterocycles. The molecule has 0 saturated carbocycles. The zero-order valence-corrected chi connectivity index (χ0v) is 9.93. The molecular formula is C13H8N4O2. The first-order valence-electron chi connectivity index (χ1n) is 5.09. The molecule has 1 aromatic carbocycles. The Morgan fingerprint density at radius 2 is 1.84 bits per heavy atom. The molecular weight excluding hydrogens is 244 g/mol. The minimum atomic E-state index is -1.05. The van der Waals surface area contributed by atoms with Crippen LogP contribution in [0.5, 0.6) is 0 Å². The van der Waals surface area contributed by atoms with Gasteiger partial charge in [-0.15, -0.1) is 0 Å². The standard InChI is InChI=1S/C13H8N4O2/c1-8-4-10(2-3-11(8)13(18)19)17-12(7-16)9(5-14)6-15/h2-4,17H,1H3,(H,18,19). The number of carboxylic acids is 1. The van der Waals surface area contributed by atoms with Crippen molar-refractivity contribution in [2.24, 2.45) is 0 Å². The molecule has 0 atom stereocenters. The summed E-state index contributed by atoms with van der Waals surface area (Å²) in [6, 6.07) is 9.29. The summed E-state index contributed by atoms with van der Waals surface area (Å²) >= 11 is 0. The van der Waals surface area contributed by atoms with Crippen LogP contribution in [0.15, 0.2) is 29.5 Å². The smallest absolute Gasteiger partial charge is 0.335 e. The van der Waals surface area contributed by atoms with E-state index in [-0.39, 0.29) is 16.8 Å². The van der Waals surface area contributed by atoms with Gasteiger partial charge in [0.1, 0.15) is 23.9 Å². The van der Waals surface area contributed by atoms with E-state index in [0.29, 0.717) is 11.3 Å². The second kappa shape index (κ2) is 5.86. The summed E-state index contributed by atoms with van der Waals surface area (Å²) in [4.78, 5) is 10.8. The van der Waals surface area contributed by atoms with E-state index in [9.17, 15) is 4.79 Å². The summed E-state index contributed by atoms with van der Waals surface area (Å²) in [5.74, 6) is -1.05. The molecule has 2 N–H and O–H groups in total. The molecule has 0 aliphatic carbocycles. The lowest BCUT2D eigenvalue weighted by atomic mass is 10.1. The van der Waals surface area contributed by atoms with Crippen LogP contribution in [-0.2, 0) is 0 Å². The fourth-order valence-corrected chi connectivity index (χ4v) is 1.41. The third-order valence-electron chi connectivity index (χ3n) is 2.31. The maximum atomic E-state index is 10.8. The highest BCUT2D eigenvalue weighted by atomic mass is 16.4. The summed E-state index contributed by atoms with van der Waals surface area (Å²) in [7, 11) is 0. The minimum Gasteiger partial charge on any atom is -0.478 e. The zero-order valence-electron chi connectivity index (χ0n) is 9.93. The van der Waals surface area contributed by atoms with Gasteiger partial charge in [0.05, 0.1) is 5.56 Å². The maximum absolute atomic E-state index is 10.8. The average Bonchev–Trinajstić information content (AvgIpc) is 2.38. The number of benzene rings is 1. The molecule has 0 fully saturated rings. The van der Waals surface area contributed by atoms with E-state index in [4.69, 9.17) is 20.9 Å². The first-order chi connectivity index (χ1) is 9.03. The highest BCUT2D eigenvalue weighted by Gasteiger charge is 2.09. The second-order valence-corrected chi connectivity index (χ2v) is 3.55. The number of allylic oxidation sites excluding steroid dienone is 2. The number of hydrogen-bond acceptors (Lipinski definition) is 5. The highest BCUT2D eigenvalue weighted by Crippen LogP contribution is 2.17. The normalized spacial score (nSPS) is 8.53. The molecule has 0 amide bonds. The Kier molecular flexibility index (Phi) is 4.24. The van der Waals surface area contributed by atoms with Crippen molar-refractivity contribution in [2.45, 2.75) is 6.92 Å². The molecule has 0 unspecified atom stereocenters.